The Labute approximate surface area is 559 Å². The van der Waals surface area contributed by atoms with Gasteiger partial charge in [-0.1, -0.05) is 431 Å². The normalized spacial score (nSPS) is 12.4. The summed E-state index contributed by atoms with van der Waals surface area (Å²) in [5.41, 5.74) is 0. The highest BCUT2D eigenvalue weighted by atomic mass is 16.5. The molecule has 0 spiro atoms. The third kappa shape index (κ3) is 75.5. The molecular weight excluding hydrogens is 1090 g/mol. The lowest BCUT2D eigenvalue weighted by Gasteiger charge is -2.22. The number of ether oxygens (including phenoxy) is 1. The Balaban J connectivity index is 3.33. The van der Waals surface area contributed by atoms with Gasteiger partial charge in [-0.2, -0.15) is 0 Å². The maximum atomic E-state index is 12.6. The van der Waals surface area contributed by atoms with E-state index >= 15 is 0 Å². The van der Waals surface area contributed by atoms with Gasteiger partial charge in [0.25, 0.3) is 0 Å². The van der Waals surface area contributed by atoms with Crippen LogP contribution in [0.2, 0.25) is 0 Å². The fourth-order valence-electron chi connectivity index (χ4n) is 13.5. The van der Waals surface area contributed by atoms with Gasteiger partial charge in [0.15, 0.2) is 0 Å². The number of aliphatic hydroxyl groups is 2. The largest absolute Gasteiger partial charge is 0.466 e. The lowest BCUT2D eigenvalue weighted by Crippen LogP contribution is -2.45. The minimum atomic E-state index is -0.663. The zero-order valence-corrected chi connectivity index (χ0v) is 61.0. The summed E-state index contributed by atoms with van der Waals surface area (Å²) in [7, 11) is 0. The van der Waals surface area contributed by atoms with Gasteiger partial charge < -0.3 is 20.3 Å². The van der Waals surface area contributed by atoms with Gasteiger partial charge in [0.1, 0.15) is 0 Å². The molecule has 0 rings (SSSR count). The van der Waals surface area contributed by atoms with Crippen molar-refractivity contribution in [3.63, 3.8) is 0 Å². The second kappa shape index (κ2) is 79.0. The molecular formula is C83H163NO5. The molecule has 0 saturated carbocycles. The average molecular weight is 1260 g/mol. The first-order chi connectivity index (χ1) is 44.0. The summed E-state index contributed by atoms with van der Waals surface area (Å²) in [5.74, 6) is -0.00199. The average Bonchev–Trinajstić information content (AvgIpc) is 3.57. The van der Waals surface area contributed by atoms with Crippen LogP contribution in [0.25, 0.3) is 0 Å². The van der Waals surface area contributed by atoms with Crippen molar-refractivity contribution in [2.75, 3.05) is 13.2 Å². The van der Waals surface area contributed by atoms with Crippen molar-refractivity contribution in [1.29, 1.82) is 0 Å². The highest BCUT2D eigenvalue weighted by Crippen LogP contribution is 2.21. The fraction of sp³-hybridized carbons (Fsp3) is 0.952. The first-order valence-corrected chi connectivity index (χ1v) is 41.4. The Hall–Kier alpha value is -1.40. The molecule has 0 saturated heterocycles. The van der Waals surface area contributed by atoms with E-state index in [0.717, 1.165) is 38.5 Å². The summed E-state index contributed by atoms with van der Waals surface area (Å²) in [6.07, 6.45) is 100. The molecule has 0 aliphatic rings. The number of hydrogen-bond donors (Lipinski definition) is 3. The highest BCUT2D eigenvalue weighted by molar-refractivity contribution is 5.76. The zero-order chi connectivity index (χ0) is 64.2. The number of nitrogens with one attached hydrogen (secondary N) is 1. The van der Waals surface area contributed by atoms with E-state index in [1.807, 2.05) is 0 Å². The van der Waals surface area contributed by atoms with Crippen LogP contribution in [0.5, 0.6) is 0 Å². The van der Waals surface area contributed by atoms with Crippen molar-refractivity contribution in [1.82, 2.24) is 5.32 Å². The van der Waals surface area contributed by atoms with Crippen molar-refractivity contribution in [2.45, 2.75) is 495 Å². The van der Waals surface area contributed by atoms with E-state index in [4.69, 9.17) is 4.74 Å². The molecule has 6 nitrogen and oxygen atoms in total. The van der Waals surface area contributed by atoms with E-state index in [9.17, 15) is 19.8 Å². The SMILES string of the molecule is CCCCCCCCCCCCCCCCCCCCCCCC(O)C(CO)NC(=O)CCCCCCCCCCCCCCCCCC/C=C\CCCCCCCCCCCCCCOC(=O)CCCCCCCCCCCCCCCCCCCCC. The van der Waals surface area contributed by atoms with Crippen LogP contribution in [0.15, 0.2) is 12.2 Å². The van der Waals surface area contributed by atoms with Crippen LogP contribution in [0.1, 0.15) is 483 Å². The van der Waals surface area contributed by atoms with E-state index in [0.29, 0.717) is 25.9 Å². The van der Waals surface area contributed by atoms with Crippen LogP contribution in [0, 0.1) is 0 Å². The molecule has 0 radical (unpaired) electrons. The summed E-state index contributed by atoms with van der Waals surface area (Å²) >= 11 is 0. The maximum absolute atomic E-state index is 12.6. The molecule has 6 heteroatoms. The number of aliphatic hydroxyl groups excluding tert-OH is 2. The van der Waals surface area contributed by atoms with Crippen LogP contribution in [-0.2, 0) is 14.3 Å². The number of carbonyl (C=O) groups is 2. The predicted octanol–water partition coefficient (Wildman–Crippen LogP) is 27.4. The van der Waals surface area contributed by atoms with Crippen LogP contribution in [0.4, 0.5) is 0 Å². The number of esters is 1. The summed E-state index contributed by atoms with van der Waals surface area (Å²) < 4.78 is 5.52. The van der Waals surface area contributed by atoms with Crippen LogP contribution in [0.3, 0.4) is 0 Å². The standard InChI is InChI=1S/C83H163NO5/c1-3-5-7-9-11-13-15-17-19-21-23-36-40-43-47-51-55-59-63-67-71-75-81(86)80(79-85)84-82(87)76-72-68-64-60-56-52-48-44-41-37-34-32-30-28-26-24-25-27-29-31-33-35-38-42-46-50-54-58-62-66-70-74-78-89-83(88)77-73-69-65-61-57-53-49-45-39-22-20-18-16-14-12-10-8-6-4-2/h27,29,80-81,85-86H,3-26,28,30-79H2,1-2H3,(H,84,87)/b29-27-. The van der Waals surface area contributed by atoms with E-state index in [2.05, 4.69) is 31.3 Å². The van der Waals surface area contributed by atoms with Gasteiger partial charge in [0.05, 0.1) is 25.4 Å². The van der Waals surface area contributed by atoms with Gasteiger partial charge in [-0.15, -0.1) is 0 Å². The minimum Gasteiger partial charge on any atom is -0.466 e. The summed E-state index contributed by atoms with van der Waals surface area (Å²) in [6.45, 7) is 5.02. The molecule has 0 fully saturated rings. The van der Waals surface area contributed by atoms with E-state index < -0.39 is 12.1 Å². The molecule has 0 aliphatic carbocycles. The Bertz CT molecular complexity index is 1350. The van der Waals surface area contributed by atoms with E-state index in [-0.39, 0.29) is 18.5 Å². The Morgan fingerprint density at radius 2 is 0.528 bits per heavy atom. The van der Waals surface area contributed by atoms with Gasteiger partial charge in [-0.05, 0) is 51.4 Å². The lowest BCUT2D eigenvalue weighted by molar-refractivity contribution is -0.143. The molecule has 530 valence electrons. The second-order valence-electron chi connectivity index (χ2n) is 28.8. The van der Waals surface area contributed by atoms with Gasteiger partial charge >= 0.3 is 5.97 Å². The molecule has 0 aliphatic heterocycles. The Kier molecular flexibility index (Phi) is 77.8. The number of amides is 1. The van der Waals surface area contributed by atoms with E-state index in [1.54, 1.807) is 0 Å². The van der Waals surface area contributed by atoms with Crippen molar-refractivity contribution in [3.8, 4) is 0 Å². The third-order valence-electron chi connectivity index (χ3n) is 19.8. The third-order valence-corrected chi connectivity index (χ3v) is 19.8. The monoisotopic (exact) mass is 1250 g/mol. The van der Waals surface area contributed by atoms with Gasteiger partial charge in [0, 0.05) is 12.8 Å². The first kappa shape index (κ1) is 87.6. The Morgan fingerprint density at radius 3 is 0.798 bits per heavy atom. The van der Waals surface area contributed by atoms with E-state index in [1.165, 1.54) is 411 Å². The van der Waals surface area contributed by atoms with Gasteiger partial charge in [-0.3, -0.25) is 9.59 Å². The van der Waals surface area contributed by atoms with Crippen molar-refractivity contribution >= 4 is 11.9 Å². The van der Waals surface area contributed by atoms with Crippen LogP contribution >= 0.6 is 0 Å². The molecule has 89 heavy (non-hydrogen) atoms. The smallest absolute Gasteiger partial charge is 0.305 e. The quantitative estimate of drug-likeness (QED) is 0.0320. The topological polar surface area (TPSA) is 95.9 Å². The molecule has 0 aromatic rings. The predicted molar refractivity (Wildman–Crippen MR) is 394 cm³/mol. The fourth-order valence-corrected chi connectivity index (χ4v) is 13.5. The first-order valence-electron chi connectivity index (χ1n) is 41.4. The second-order valence-corrected chi connectivity index (χ2v) is 28.8. The van der Waals surface area contributed by atoms with Crippen molar-refractivity contribution < 1.29 is 24.5 Å². The Morgan fingerprint density at radius 1 is 0.303 bits per heavy atom. The summed E-state index contributed by atoms with van der Waals surface area (Å²) in [4.78, 5) is 24.7. The maximum Gasteiger partial charge on any atom is 0.305 e. The van der Waals surface area contributed by atoms with Gasteiger partial charge in [0.2, 0.25) is 5.91 Å². The number of hydrogen-bond acceptors (Lipinski definition) is 5. The molecule has 3 N–H and O–H groups in total. The van der Waals surface area contributed by atoms with Crippen molar-refractivity contribution in [2.24, 2.45) is 0 Å². The molecule has 1 amide bonds. The molecule has 2 unspecified atom stereocenters. The number of allylic oxidation sites excluding steroid dienone is 2. The van der Waals surface area contributed by atoms with Gasteiger partial charge in [-0.25, -0.2) is 0 Å². The van der Waals surface area contributed by atoms with Crippen LogP contribution in [-0.4, -0.2) is 47.4 Å². The zero-order valence-electron chi connectivity index (χ0n) is 61.0. The van der Waals surface area contributed by atoms with Crippen LogP contribution < -0.4 is 5.32 Å². The highest BCUT2D eigenvalue weighted by Gasteiger charge is 2.20. The summed E-state index contributed by atoms with van der Waals surface area (Å²) in [6, 6.07) is -0.540. The molecule has 0 aromatic carbocycles. The molecule has 0 bridgehead atoms. The summed E-state index contributed by atoms with van der Waals surface area (Å²) in [5, 5.41) is 23.5. The minimum absolute atomic E-state index is 0.0245. The number of carbonyl (C=O) groups excluding carboxylic acids is 2. The number of rotatable bonds is 79. The number of unbranched alkanes of at least 4 members (excludes halogenated alkanes) is 66. The molecule has 2 atom stereocenters. The van der Waals surface area contributed by atoms with Crippen molar-refractivity contribution in [3.05, 3.63) is 12.2 Å². The molecule has 0 aromatic heterocycles. The molecule has 0 heterocycles. The lowest BCUT2D eigenvalue weighted by atomic mass is 10.0.